The summed E-state index contributed by atoms with van der Waals surface area (Å²) in [5.74, 6) is -1.11. The van der Waals surface area contributed by atoms with Crippen LogP contribution in [0.3, 0.4) is 0 Å². The normalized spacial score (nSPS) is 18.1. The summed E-state index contributed by atoms with van der Waals surface area (Å²) in [6, 6.07) is 25.9. The average molecular weight is 469 g/mol. The van der Waals surface area contributed by atoms with Gasteiger partial charge >= 0.3 is 5.97 Å². The van der Waals surface area contributed by atoms with Crippen molar-refractivity contribution < 1.29 is 19.1 Å². The first-order chi connectivity index (χ1) is 17.1. The summed E-state index contributed by atoms with van der Waals surface area (Å²) in [7, 11) is 0. The van der Waals surface area contributed by atoms with Crippen LogP contribution >= 0.6 is 0 Å². The molecule has 4 rings (SSSR count). The van der Waals surface area contributed by atoms with Gasteiger partial charge in [0.15, 0.2) is 0 Å². The lowest BCUT2D eigenvalue weighted by molar-refractivity contribution is -0.165. The van der Waals surface area contributed by atoms with Crippen LogP contribution < -0.4 is 5.32 Å². The topological polar surface area (TPSA) is 75.7 Å². The van der Waals surface area contributed by atoms with Crippen LogP contribution in [0, 0.1) is 0 Å². The lowest BCUT2D eigenvalue weighted by atomic mass is 9.89. The fourth-order valence-corrected chi connectivity index (χ4v) is 4.20. The number of rotatable bonds is 9. The Morgan fingerprint density at radius 2 is 1.54 bits per heavy atom. The van der Waals surface area contributed by atoms with Gasteiger partial charge in [-0.3, -0.25) is 9.59 Å². The molecule has 3 unspecified atom stereocenters. The molecular formula is C29H28N2O4. The third-order valence-electron chi connectivity index (χ3n) is 5.96. The first-order valence-corrected chi connectivity index (χ1v) is 11.7. The Hall–Kier alpha value is -4.19. The number of nitrogens with one attached hydrogen (secondary N) is 1. The van der Waals surface area contributed by atoms with Crippen molar-refractivity contribution in [1.29, 1.82) is 0 Å². The number of carbonyl (C=O) groups is 3. The largest absolute Gasteiger partial charge is 0.464 e. The SMILES string of the molecule is CCOC(=O)C(Cc1ccccc1)N1C(=O)C(NC(=O)c2ccccc2)C1/C=C/c1ccccc1. The molecule has 1 aliphatic heterocycles. The lowest BCUT2D eigenvalue weighted by Gasteiger charge is -2.49. The molecule has 3 atom stereocenters. The van der Waals surface area contributed by atoms with Gasteiger partial charge in [-0.25, -0.2) is 4.79 Å². The van der Waals surface area contributed by atoms with E-state index in [1.54, 1.807) is 31.2 Å². The molecule has 0 saturated carbocycles. The van der Waals surface area contributed by atoms with Crippen molar-refractivity contribution in [1.82, 2.24) is 10.2 Å². The Morgan fingerprint density at radius 1 is 0.943 bits per heavy atom. The van der Waals surface area contributed by atoms with Gasteiger partial charge in [0.2, 0.25) is 5.91 Å². The van der Waals surface area contributed by atoms with Crippen molar-refractivity contribution in [3.05, 3.63) is 114 Å². The molecule has 0 aliphatic carbocycles. The van der Waals surface area contributed by atoms with E-state index in [1.165, 1.54) is 4.90 Å². The first-order valence-electron chi connectivity index (χ1n) is 11.7. The molecular weight excluding hydrogens is 440 g/mol. The smallest absolute Gasteiger partial charge is 0.329 e. The van der Waals surface area contributed by atoms with Crippen molar-refractivity contribution in [3.63, 3.8) is 0 Å². The molecule has 0 bridgehead atoms. The summed E-state index contributed by atoms with van der Waals surface area (Å²) in [6.07, 6.45) is 4.08. The number of esters is 1. The Kier molecular flexibility index (Phi) is 7.73. The van der Waals surface area contributed by atoms with E-state index >= 15 is 0 Å². The molecule has 0 spiro atoms. The highest BCUT2D eigenvalue weighted by molar-refractivity contribution is 6.01. The van der Waals surface area contributed by atoms with E-state index in [4.69, 9.17) is 4.74 Å². The van der Waals surface area contributed by atoms with Crippen molar-refractivity contribution >= 4 is 23.9 Å². The van der Waals surface area contributed by atoms with E-state index < -0.39 is 24.1 Å². The van der Waals surface area contributed by atoms with Crippen LogP contribution in [-0.2, 0) is 20.7 Å². The Labute approximate surface area is 205 Å². The van der Waals surface area contributed by atoms with Crippen molar-refractivity contribution in [2.45, 2.75) is 31.5 Å². The minimum absolute atomic E-state index is 0.213. The summed E-state index contributed by atoms with van der Waals surface area (Å²) in [6.45, 7) is 1.95. The number of benzene rings is 3. The van der Waals surface area contributed by atoms with Crippen LogP contribution in [0.5, 0.6) is 0 Å². The van der Waals surface area contributed by atoms with Crippen LogP contribution in [0.4, 0.5) is 0 Å². The van der Waals surface area contributed by atoms with Gasteiger partial charge in [0, 0.05) is 12.0 Å². The number of carbonyl (C=O) groups excluding carboxylic acids is 3. The van der Waals surface area contributed by atoms with Crippen LogP contribution in [0.25, 0.3) is 6.08 Å². The van der Waals surface area contributed by atoms with E-state index in [9.17, 15) is 14.4 Å². The summed E-state index contributed by atoms with van der Waals surface area (Å²) >= 11 is 0. The van der Waals surface area contributed by atoms with Crippen LogP contribution in [-0.4, -0.2) is 47.4 Å². The highest BCUT2D eigenvalue weighted by Gasteiger charge is 2.52. The zero-order valence-corrected chi connectivity index (χ0v) is 19.5. The quantitative estimate of drug-likeness (QED) is 0.382. The highest BCUT2D eigenvalue weighted by Crippen LogP contribution is 2.28. The standard InChI is InChI=1S/C29H28N2O4/c1-2-35-29(34)25(20-22-14-8-4-9-15-22)31-24(19-18-21-12-6-3-7-13-21)26(28(31)33)30-27(32)23-16-10-5-11-17-23/h3-19,24-26H,2,20H2,1H3,(H,30,32)/b19-18+. The molecule has 0 aromatic heterocycles. The molecule has 1 aliphatic rings. The van der Waals surface area contributed by atoms with Gasteiger partial charge in [0.25, 0.3) is 5.91 Å². The molecule has 1 N–H and O–H groups in total. The lowest BCUT2D eigenvalue weighted by Crippen LogP contribution is -2.73. The molecule has 3 aromatic rings. The number of ether oxygens (including phenoxy) is 1. The Morgan fingerprint density at radius 3 is 2.17 bits per heavy atom. The second kappa shape index (κ2) is 11.3. The molecule has 1 heterocycles. The number of hydrogen-bond donors (Lipinski definition) is 1. The van der Waals surface area contributed by atoms with Gasteiger partial charge in [-0.2, -0.15) is 0 Å². The highest BCUT2D eigenvalue weighted by atomic mass is 16.5. The van der Waals surface area contributed by atoms with Crippen molar-refractivity contribution in [3.8, 4) is 0 Å². The number of amides is 2. The number of likely N-dealkylation sites (tertiary alicyclic amines) is 1. The maximum absolute atomic E-state index is 13.4. The van der Waals surface area contributed by atoms with Gasteiger partial charge in [0.05, 0.1) is 12.6 Å². The molecule has 3 aromatic carbocycles. The second-order valence-electron chi connectivity index (χ2n) is 8.28. The Bertz CT molecular complexity index is 1180. The van der Waals surface area contributed by atoms with Crippen LogP contribution in [0.15, 0.2) is 97.1 Å². The van der Waals surface area contributed by atoms with Gasteiger partial charge in [-0.1, -0.05) is 91.0 Å². The molecule has 6 heteroatoms. The molecule has 1 fully saturated rings. The van der Waals surface area contributed by atoms with E-state index in [0.29, 0.717) is 12.0 Å². The molecule has 1 saturated heterocycles. The van der Waals surface area contributed by atoms with E-state index in [0.717, 1.165) is 11.1 Å². The summed E-state index contributed by atoms with van der Waals surface area (Å²) < 4.78 is 5.33. The van der Waals surface area contributed by atoms with E-state index in [1.807, 2.05) is 78.9 Å². The summed E-state index contributed by atoms with van der Waals surface area (Å²) in [5.41, 5.74) is 2.34. The summed E-state index contributed by atoms with van der Waals surface area (Å²) in [4.78, 5) is 40.7. The number of hydrogen-bond acceptors (Lipinski definition) is 4. The minimum Gasteiger partial charge on any atom is -0.464 e. The molecule has 2 amide bonds. The fourth-order valence-electron chi connectivity index (χ4n) is 4.20. The van der Waals surface area contributed by atoms with Crippen LogP contribution in [0.2, 0.25) is 0 Å². The number of nitrogens with zero attached hydrogens (tertiary/aromatic N) is 1. The van der Waals surface area contributed by atoms with Gasteiger partial charge in [0.1, 0.15) is 12.1 Å². The van der Waals surface area contributed by atoms with E-state index in [2.05, 4.69) is 5.32 Å². The molecule has 35 heavy (non-hydrogen) atoms. The zero-order chi connectivity index (χ0) is 24.6. The third kappa shape index (κ3) is 5.66. The monoisotopic (exact) mass is 468 g/mol. The van der Waals surface area contributed by atoms with Crippen molar-refractivity contribution in [2.75, 3.05) is 6.61 Å². The summed E-state index contributed by atoms with van der Waals surface area (Å²) in [5, 5.41) is 2.85. The predicted octanol–water partition coefficient (Wildman–Crippen LogP) is 3.88. The zero-order valence-electron chi connectivity index (χ0n) is 19.5. The predicted molar refractivity (Wildman–Crippen MR) is 134 cm³/mol. The number of β-lactam (4-membered cyclic amide) rings is 1. The van der Waals surface area contributed by atoms with E-state index in [-0.39, 0.29) is 18.4 Å². The van der Waals surface area contributed by atoms with Gasteiger partial charge in [-0.15, -0.1) is 0 Å². The maximum Gasteiger partial charge on any atom is 0.329 e. The van der Waals surface area contributed by atoms with Gasteiger partial charge < -0.3 is 15.0 Å². The third-order valence-corrected chi connectivity index (χ3v) is 5.96. The maximum atomic E-state index is 13.4. The average Bonchev–Trinajstić information content (AvgIpc) is 2.90. The molecule has 0 radical (unpaired) electrons. The first kappa shape index (κ1) is 24.0. The Balaban J connectivity index is 1.63. The molecule has 178 valence electrons. The van der Waals surface area contributed by atoms with Gasteiger partial charge in [-0.05, 0) is 30.2 Å². The fraction of sp³-hybridized carbons (Fsp3) is 0.207. The van der Waals surface area contributed by atoms with Crippen molar-refractivity contribution in [2.24, 2.45) is 0 Å². The molecule has 6 nitrogen and oxygen atoms in total. The second-order valence-corrected chi connectivity index (χ2v) is 8.28. The van der Waals surface area contributed by atoms with Crippen LogP contribution in [0.1, 0.15) is 28.4 Å². The minimum atomic E-state index is -0.805.